The zero-order valence-corrected chi connectivity index (χ0v) is 13.3. The fourth-order valence-electron chi connectivity index (χ4n) is 2.55. The molecule has 0 radical (unpaired) electrons. The first-order chi connectivity index (χ1) is 9.48. The van der Waals surface area contributed by atoms with Gasteiger partial charge in [0, 0.05) is 18.6 Å². The summed E-state index contributed by atoms with van der Waals surface area (Å²) in [6, 6.07) is 0.687. The lowest BCUT2D eigenvalue weighted by Gasteiger charge is -2.19. The summed E-state index contributed by atoms with van der Waals surface area (Å²) in [6.45, 7) is 11.4. The summed E-state index contributed by atoms with van der Waals surface area (Å²) >= 11 is 0. The van der Waals surface area contributed by atoms with Gasteiger partial charge < -0.3 is 14.6 Å². The topological polar surface area (TPSA) is 54.2 Å². The van der Waals surface area contributed by atoms with Gasteiger partial charge in [-0.1, -0.05) is 18.4 Å². The second kappa shape index (κ2) is 6.57. The first-order valence-corrected chi connectivity index (χ1v) is 7.80. The van der Waals surface area contributed by atoms with Crippen LogP contribution in [0.5, 0.6) is 0 Å². The quantitative estimate of drug-likeness (QED) is 0.919. The molecule has 0 aromatic carbocycles. The van der Waals surface area contributed by atoms with Crippen molar-refractivity contribution in [1.82, 2.24) is 15.5 Å². The van der Waals surface area contributed by atoms with E-state index in [-0.39, 0.29) is 5.54 Å². The minimum atomic E-state index is 0.0611. The fraction of sp³-hybridized carbons (Fsp3) is 0.867. The van der Waals surface area contributed by atoms with Gasteiger partial charge in [0.2, 0.25) is 5.89 Å². The van der Waals surface area contributed by atoms with Gasteiger partial charge in [0.15, 0.2) is 0 Å². The second-order valence-corrected chi connectivity index (χ2v) is 6.77. The van der Waals surface area contributed by atoms with E-state index in [0.717, 1.165) is 19.0 Å². The summed E-state index contributed by atoms with van der Waals surface area (Å²) in [5.74, 6) is 1.52. The molecule has 5 heteroatoms. The van der Waals surface area contributed by atoms with Crippen LogP contribution in [0.15, 0.2) is 4.42 Å². The molecule has 2 heterocycles. The van der Waals surface area contributed by atoms with Crippen LogP contribution in [0.25, 0.3) is 0 Å². The molecule has 1 aromatic heterocycles. The van der Waals surface area contributed by atoms with Crippen LogP contribution in [0, 0.1) is 5.92 Å². The Hall–Kier alpha value is -1.10. The number of hydrogen-bond donors (Lipinski definition) is 1. The number of nitrogens with one attached hydrogen (secondary N) is 1. The van der Waals surface area contributed by atoms with E-state index in [4.69, 9.17) is 4.42 Å². The lowest BCUT2D eigenvalue weighted by atomic mass is 9.98. The summed E-state index contributed by atoms with van der Waals surface area (Å²) in [5, 5.41) is 11.7. The minimum absolute atomic E-state index is 0.0611. The number of nitrogens with zero attached hydrogens (tertiary/aromatic N) is 3. The second-order valence-electron chi connectivity index (χ2n) is 6.77. The van der Waals surface area contributed by atoms with Crippen molar-refractivity contribution in [2.45, 2.75) is 65.5 Å². The van der Waals surface area contributed by atoms with E-state index in [2.05, 4.69) is 48.1 Å². The van der Waals surface area contributed by atoms with Crippen LogP contribution in [-0.4, -0.2) is 28.8 Å². The van der Waals surface area contributed by atoms with Crippen LogP contribution in [0.4, 0.5) is 6.01 Å². The maximum Gasteiger partial charge on any atom is 0.318 e. The third-order valence-corrected chi connectivity index (χ3v) is 3.92. The molecule has 1 aliphatic rings. The third kappa shape index (κ3) is 4.47. The standard InChI is InChI=1S/C15H28N4O/c1-5-12-7-6-9-19(10-8-12)14-18-17-13(20-14)11-16-15(2,3)4/h12,16H,5-11H2,1-4H3. The van der Waals surface area contributed by atoms with Gasteiger partial charge in [-0.25, -0.2) is 0 Å². The summed E-state index contributed by atoms with van der Waals surface area (Å²) in [6.07, 6.45) is 5.04. The normalized spacial score (nSPS) is 21.0. The van der Waals surface area contributed by atoms with Crippen LogP contribution in [0.1, 0.15) is 59.3 Å². The van der Waals surface area contributed by atoms with Crippen LogP contribution in [0.2, 0.25) is 0 Å². The van der Waals surface area contributed by atoms with E-state index in [1.165, 1.54) is 25.7 Å². The number of aromatic nitrogens is 2. The van der Waals surface area contributed by atoms with Crippen molar-refractivity contribution < 1.29 is 4.42 Å². The highest BCUT2D eigenvalue weighted by Crippen LogP contribution is 2.23. The summed E-state index contributed by atoms with van der Waals surface area (Å²) in [7, 11) is 0. The van der Waals surface area contributed by atoms with Crippen molar-refractivity contribution in [1.29, 1.82) is 0 Å². The fourth-order valence-corrected chi connectivity index (χ4v) is 2.55. The lowest BCUT2D eigenvalue weighted by Crippen LogP contribution is -2.35. The molecule has 1 N–H and O–H groups in total. The van der Waals surface area contributed by atoms with Crippen molar-refractivity contribution in [3.05, 3.63) is 5.89 Å². The molecule has 1 fully saturated rings. The minimum Gasteiger partial charge on any atom is -0.407 e. The van der Waals surface area contributed by atoms with Crippen LogP contribution < -0.4 is 10.2 Å². The molecule has 0 amide bonds. The average molecular weight is 280 g/mol. The first kappa shape index (κ1) is 15.3. The first-order valence-electron chi connectivity index (χ1n) is 7.80. The molecule has 1 aromatic rings. The molecule has 2 rings (SSSR count). The van der Waals surface area contributed by atoms with E-state index < -0.39 is 0 Å². The smallest absolute Gasteiger partial charge is 0.318 e. The van der Waals surface area contributed by atoms with E-state index in [0.29, 0.717) is 18.5 Å². The molecule has 1 atom stereocenters. The van der Waals surface area contributed by atoms with Crippen LogP contribution >= 0.6 is 0 Å². The molecule has 0 spiro atoms. The Bertz CT molecular complexity index is 410. The number of rotatable bonds is 4. The molecule has 1 saturated heterocycles. The van der Waals surface area contributed by atoms with Gasteiger partial charge in [0.25, 0.3) is 0 Å². The highest BCUT2D eigenvalue weighted by molar-refractivity contribution is 5.24. The largest absolute Gasteiger partial charge is 0.407 e. The molecule has 0 saturated carbocycles. The Morgan fingerprint density at radius 3 is 2.75 bits per heavy atom. The molecule has 114 valence electrons. The van der Waals surface area contributed by atoms with Gasteiger partial charge in [0.05, 0.1) is 6.54 Å². The molecule has 1 unspecified atom stereocenters. The summed E-state index contributed by atoms with van der Waals surface area (Å²) in [5.41, 5.74) is 0.0611. The van der Waals surface area contributed by atoms with E-state index in [9.17, 15) is 0 Å². The van der Waals surface area contributed by atoms with E-state index >= 15 is 0 Å². The van der Waals surface area contributed by atoms with E-state index in [1.54, 1.807) is 0 Å². The Morgan fingerprint density at radius 2 is 2.05 bits per heavy atom. The highest BCUT2D eigenvalue weighted by atomic mass is 16.4. The van der Waals surface area contributed by atoms with Crippen molar-refractivity contribution in [3.63, 3.8) is 0 Å². The van der Waals surface area contributed by atoms with Crippen molar-refractivity contribution in [2.24, 2.45) is 5.92 Å². The van der Waals surface area contributed by atoms with Gasteiger partial charge in [0.1, 0.15) is 0 Å². The molecule has 0 aliphatic carbocycles. The van der Waals surface area contributed by atoms with Crippen molar-refractivity contribution >= 4 is 6.01 Å². The van der Waals surface area contributed by atoms with Gasteiger partial charge >= 0.3 is 6.01 Å². The molecule has 1 aliphatic heterocycles. The lowest BCUT2D eigenvalue weighted by molar-refractivity contribution is 0.380. The zero-order chi connectivity index (χ0) is 14.6. The maximum absolute atomic E-state index is 5.78. The summed E-state index contributed by atoms with van der Waals surface area (Å²) < 4.78 is 5.78. The van der Waals surface area contributed by atoms with Gasteiger partial charge in [-0.05, 0) is 46.0 Å². The predicted molar refractivity (Wildman–Crippen MR) is 80.7 cm³/mol. The maximum atomic E-state index is 5.78. The molecular formula is C15H28N4O. The number of anilines is 1. The Balaban J connectivity index is 1.91. The SMILES string of the molecule is CCC1CCCN(c2nnc(CNC(C)(C)C)o2)CC1. The van der Waals surface area contributed by atoms with Crippen LogP contribution in [0.3, 0.4) is 0 Å². The average Bonchev–Trinajstić information content (AvgIpc) is 2.73. The Morgan fingerprint density at radius 1 is 1.25 bits per heavy atom. The summed E-state index contributed by atoms with van der Waals surface area (Å²) in [4.78, 5) is 2.24. The molecular weight excluding hydrogens is 252 g/mol. The molecule has 5 nitrogen and oxygen atoms in total. The van der Waals surface area contributed by atoms with Gasteiger partial charge in [-0.15, -0.1) is 5.10 Å². The highest BCUT2D eigenvalue weighted by Gasteiger charge is 2.20. The Labute approximate surface area is 122 Å². The van der Waals surface area contributed by atoms with E-state index in [1.807, 2.05) is 0 Å². The molecule has 20 heavy (non-hydrogen) atoms. The predicted octanol–water partition coefficient (Wildman–Crippen LogP) is 2.97. The van der Waals surface area contributed by atoms with Gasteiger partial charge in [-0.3, -0.25) is 0 Å². The number of hydrogen-bond acceptors (Lipinski definition) is 5. The van der Waals surface area contributed by atoms with Gasteiger partial charge in [-0.2, -0.15) is 0 Å². The molecule has 0 bridgehead atoms. The third-order valence-electron chi connectivity index (χ3n) is 3.92. The van der Waals surface area contributed by atoms with Crippen molar-refractivity contribution in [2.75, 3.05) is 18.0 Å². The Kier molecular flexibility index (Phi) is 5.02. The zero-order valence-electron chi connectivity index (χ0n) is 13.3. The van der Waals surface area contributed by atoms with Crippen LogP contribution in [-0.2, 0) is 6.54 Å². The monoisotopic (exact) mass is 280 g/mol. The van der Waals surface area contributed by atoms with Crippen molar-refractivity contribution in [3.8, 4) is 0 Å².